The third-order valence-electron chi connectivity index (χ3n) is 2.14. The molecule has 0 fully saturated rings. The van der Waals surface area contributed by atoms with E-state index in [1.807, 2.05) is 0 Å². The molecule has 21 heavy (non-hydrogen) atoms. The van der Waals surface area contributed by atoms with E-state index in [0.717, 1.165) is 0 Å². The Morgan fingerprint density at radius 3 is 2.14 bits per heavy atom. The fraction of sp³-hybridized carbons (Fsp3) is 0.692. The van der Waals surface area contributed by atoms with Gasteiger partial charge in [-0.15, -0.1) is 0 Å². The summed E-state index contributed by atoms with van der Waals surface area (Å²) in [5.74, 6) is -0.470. The highest BCUT2D eigenvalue weighted by Crippen LogP contribution is 1.90. The highest BCUT2D eigenvalue weighted by atomic mass is 16.5. The summed E-state index contributed by atoms with van der Waals surface area (Å²) in [6.07, 6.45) is 0. The van der Waals surface area contributed by atoms with Crippen molar-refractivity contribution in [2.45, 2.75) is 6.92 Å². The number of hydrogen-bond acceptors (Lipinski definition) is 6. The second-order valence-electron chi connectivity index (χ2n) is 4.11. The molecule has 8 nitrogen and oxygen atoms in total. The molecule has 8 heteroatoms. The minimum absolute atomic E-state index is 0.105. The molecule has 122 valence electrons. The molecule has 0 spiro atoms. The Hall–Kier alpha value is -1.64. The third kappa shape index (κ3) is 13.1. The van der Waals surface area contributed by atoms with Crippen LogP contribution < -0.4 is 16.4 Å². The first kappa shape index (κ1) is 19.4. The molecular formula is C13H25N3O5. The average Bonchev–Trinajstić information content (AvgIpc) is 2.46. The summed E-state index contributed by atoms with van der Waals surface area (Å²) in [6, 6.07) is -0.343. The molecule has 0 aromatic rings. The van der Waals surface area contributed by atoms with Crippen LogP contribution in [0.15, 0.2) is 12.2 Å². The van der Waals surface area contributed by atoms with Gasteiger partial charge in [0.1, 0.15) is 6.61 Å². The van der Waals surface area contributed by atoms with E-state index in [1.165, 1.54) is 0 Å². The number of nitrogens with two attached hydrogens (primary N) is 1. The van der Waals surface area contributed by atoms with E-state index in [0.29, 0.717) is 45.1 Å². The van der Waals surface area contributed by atoms with Crippen molar-refractivity contribution in [3.8, 4) is 0 Å². The zero-order chi connectivity index (χ0) is 15.9. The molecule has 0 unspecified atom stereocenters. The first-order chi connectivity index (χ1) is 10.1. The van der Waals surface area contributed by atoms with E-state index in [4.69, 9.17) is 19.9 Å². The quantitative estimate of drug-likeness (QED) is 0.252. The van der Waals surface area contributed by atoms with Gasteiger partial charge in [0.25, 0.3) is 0 Å². The largest absolute Gasteiger partial charge is 0.460 e. The van der Waals surface area contributed by atoms with E-state index in [1.54, 1.807) is 6.92 Å². The van der Waals surface area contributed by atoms with Gasteiger partial charge in [-0.2, -0.15) is 0 Å². The van der Waals surface area contributed by atoms with Crippen molar-refractivity contribution < 1.29 is 23.8 Å². The molecule has 0 aliphatic carbocycles. The maximum absolute atomic E-state index is 11.3. The van der Waals surface area contributed by atoms with Crippen LogP contribution in [0.5, 0.6) is 0 Å². The summed E-state index contributed by atoms with van der Waals surface area (Å²) < 4.78 is 15.2. The van der Waals surface area contributed by atoms with Gasteiger partial charge >= 0.3 is 12.0 Å². The second kappa shape index (κ2) is 13.3. The standard InChI is InChI=1S/C13H25N3O5/c1-11(2)12(17)21-8-5-16-13(18)15-4-7-20-10-9-19-6-3-14/h1,3-10,14H2,2H3,(H2,15,16,18). The molecule has 2 amide bonds. The zero-order valence-corrected chi connectivity index (χ0v) is 12.5. The number of esters is 1. The Bertz CT molecular complexity index is 323. The van der Waals surface area contributed by atoms with Crippen LogP contribution in [0.1, 0.15) is 6.92 Å². The Labute approximate surface area is 125 Å². The fourth-order valence-corrected chi connectivity index (χ4v) is 1.14. The number of ether oxygens (including phenoxy) is 3. The molecule has 0 radical (unpaired) electrons. The Morgan fingerprint density at radius 1 is 1.00 bits per heavy atom. The van der Waals surface area contributed by atoms with E-state index >= 15 is 0 Å². The summed E-state index contributed by atoms with van der Waals surface area (Å²) in [7, 11) is 0. The molecule has 0 atom stereocenters. The lowest BCUT2D eigenvalue weighted by molar-refractivity contribution is -0.138. The lowest BCUT2D eigenvalue weighted by Crippen LogP contribution is -2.39. The monoisotopic (exact) mass is 303 g/mol. The van der Waals surface area contributed by atoms with E-state index in [2.05, 4.69) is 17.2 Å². The number of hydrogen-bond donors (Lipinski definition) is 3. The van der Waals surface area contributed by atoms with Gasteiger partial charge in [-0.1, -0.05) is 6.58 Å². The number of carbonyl (C=O) groups is 2. The Morgan fingerprint density at radius 2 is 1.57 bits per heavy atom. The molecule has 0 aromatic heterocycles. The third-order valence-corrected chi connectivity index (χ3v) is 2.14. The predicted octanol–water partition coefficient (Wildman–Crippen LogP) is -0.603. The van der Waals surface area contributed by atoms with Crippen molar-refractivity contribution in [2.24, 2.45) is 5.73 Å². The van der Waals surface area contributed by atoms with Gasteiger partial charge in [-0.3, -0.25) is 0 Å². The summed E-state index contributed by atoms with van der Waals surface area (Å²) in [5.41, 5.74) is 5.58. The minimum Gasteiger partial charge on any atom is -0.460 e. The lowest BCUT2D eigenvalue weighted by Gasteiger charge is -2.09. The maximum Gasteiger partial charge on any atom is 0.333 e. The van der Waals surface area contributed by atoms with E-state index in [-0.39, 0.29) is 19.2 Å². The van der Waals surface area contributed by atoms with Crippen LogP contribution in [-0.4, -0.2) is 64.7 Å². The van der Waals surface area contributed by atoms with Crippen LogP contribution >= 0.6 is 0 Å². The molecular weight excluding hydrogens is 278 g/mol. The molecule has 0 aliphatic heterocycles. The first-order valence-corrected chi connectivity index (χ1v) is 6.77. The summed E-state index contributed by atoms with van der Waals surface area (Å²) in [4.78, 5) is 22.4. The molecule has 4 N–H and O–H groups in total. The van der Waals surface area contributed by atoms with Crippen molar-refractivity contribution in [1.82, 2.24) is 10.6 Å². The maximum atomic E-state index is 11.3. The molecule has 0 bridgehead atoms. The molecule has 0 saturated carbocycles. The number of rotatable bonds is 12. The number of nitrogens with one attached hydrogen (secondary N) is 2. The van der Waals surface area contributed by atoms with Gasteiger partial charge in [-0.25, -0.2) is 9.59 Å². The molecule has 0 heterocycles. The Balaban J connectivity index is 3.31. The number of carbonyl (C=O) groups excluding carboxylic acids is 2. The molecule has 0 saturated heterocycles. The smallest absolute Gasteiger partial charge is 0.333 e. The lowest BCUT2D eigenvalue weighted by atomic mass is 10.4. The highest BCUT2D eigenvalue weighted by Gasteiger charge is 2.03. The van der Waals surface area contributed by atoms with Gasteiger partial charge in [0.05, 0.1) is 33.0 Å². The van der Waals surface area contributed by atoms with Crippen LogP contribution in [0.25, 0.3) is 0 Å². The van der Waals surface area contributed by atoms with Crippen molar-refractivity contribution in [3.63, 3.8) is 0 Å². The van der Waals surface area contributed by atoms with Crippen molar-refractivity contribution in [3.05, 3.63) is 12.2 Å². The summed E-state index contributed by atoms with van der Waals surface area (Å²) >= 11 is 0. The molecule has 0 aliphatic rings. The van der Waals surface area contributed by atoms with Crippen LogP contribution in [-0.2, 0) is 19.0 Å². The number of urea groups is 1. The van der Waals surface area contributed by atoms with Gasteiger partial charge in [0.2, 0.25) is 0 Å². The van der Waals surface area contributed by atoms with Crippen molar-refractivity contribution >= 4 is 12.0 Å². The average molecular weight is 303 g/mol. The molecule has 0 rings (SSSR count). The predicted molar refractivity (Wildman–Crippen MR) is 77.9 cm³/mol. The second-order valence-corrected chi connectivity index (χ2v) is 4.11. The zero-order valence-electron chi connectivity index (χ0n) is 12.5. The fourth-order valence-electron chi connectivity index (χ4n) is 1.14. The Kier molecular flexibility index (Phi) is 12.3. The highest BCUT2D eigenvalue weighted by molar-refractivity contribution is 5.86. The minimum atomic E-state index is -0.470. The van der Waals surface area contributed by atoms with E-state index in [9.17, 15) is 9.59 Å². The van der Waals surface area contributed by atoms with Gasteiger partial charge in [0.15, 0.2) is 0 Å². The van der Waals surface area contributed by atoms with Crippen LogP contribution in [0.3, 0.4) is 0 Å². The summed E-state index contributed by atoms with van der Waals surface area (Å²) in [5, 5.41) is 5.15. The molecule has 0 aromatic carbocycles. The van der Waals surface area contributed by atoms with Gasteiger partial charge < -0.3 is 30.6 Å². The normalized spacial score (nSPS) is 10.0. The van der Waals surface area contributed by atoms with Crippen molar-refractivity contribution in [1.29, 1.82) is 0 Å². The van der Waals surface area contributed by atoms with Crippen LogP contribution in [0.2, 0.25) is 0 Å². The summed E-state index contributed by atoms with van der Waals surface area (Å²) in [6.45, 7) is 8.07. The van der Waals surface area contributed by atoms with E-state index < -0.39 is 5.97 Å². The van der Waals surface area contributed by atoms with Crippen molar-refractivity contribution in [2.75, 3.05) is 52.7 Å². The SMILES string of the molecule is C=C(C)C(=O)OCCNC(=O)NCCOCCOCCN. The topological polar surface area (TPSA) is 112 Å². The first-order valence-electron chi connectivity index (χ1n) is 6.77. The van der Waals surface area contributed by atoms with Crippen LogP contribution in [0.4, 0.5) is 4.79 Å². The number of amides is 2. The van der Waals surface area contributed by atoms with Crippen LogP contribution in [0, 0.1) is 0 Å². The van der Waals surface area contributed by atoms with Gasteiger partial charge in [0, 0.05) is 18.7 Å². The van der Waals surface area contributed by atoms with Gasteiger partial charge in [-0.05, 0) is 6.92 Å².